The van der Waals surface area contributed by atoms with Gasteiger partial charge in [-0.1, -0.05) is 0 Å². The van der Waals surface area contributed by atoms with Crippen LogP contribution in [0.1, 0.15) is 18.4 Å². The van der Waals surface area contributed by atoms with Crippen LogP contribution in [0.2, 0.25) is 0 Å². The normalized spacial score (nSPS) is 18.0. The first-order valence-corrected chi connectivity index (χ1v) is 5.91. The molecule has 0 atom stereocenters. The van der Waals surface area contributed by atoms with Gasteiger partial charge in [0.25, 0.3) is 0 Å². The number of ether oxygens (including phenoxy) is 1. The second-order valence-electron chi connectivity index (χ2n) is 4.51. The number of hydrogen-bond acceptors (Lipinski definition) is 4. The van der Waals surface area contributed by atoms with Crippen molar-refractivity contribution in [1.82, 2.24) is 15.1 Å². The minimum Gasteiger partial charge on any atom is -0.381 e. The average Bonchev–Trinajstić information content (AvgIpc) is 2.82. The predicted octanol–water partition coefficient (Wildman–Crippen LogP) is 0.357. The molecule has 0 saturated carbocycles. The third-order valence-electron chi connectivity index (χ3n) is 3.21. The number of carbonyl (C=O) groups excluding carboxylic acids is 1. The Balaban J connectivity index is 1.96. The highest BCUT2D eigenvalue weighted by Crippen LogP contribution is 2.29. The van der Waals surface area contributed by atoms with Crippen LogP contribution in [0.4, 0.5) is 0 Å². The van der Waals surface area contributed by atoms with E-state index in [-0.39, 0.29) is 5.91 Å². The number of rotatable bonds is 3. The van der Waals surface area contributed by atoms with Crippen LogP contribution in [0.3, 0.4) is 0 Å². The van der Waals surface area contributed by atoms with Gasteiger partial charge in [0.1, 0.15) is 5.41 Å². The number of aryl methyl sites for hydroxylation is 1. The fourth-order valence-corrected chi connectivity index (χ4v) is 2.02. The fraction of sp³-hybridized carbons (Fsp3) is 0.583. The lowest BCUT2D eigenvalue weighted by molar-refractivity contribution is -0.132. The first kappa shape index (κ1) is 12.6. The summed E-state index contributed by atoms with van der Waals surface area (Å²) in [5.41, 5.74) is -0.00788. The first-order chi connectivity index (χ1) is 8.66. The maximum Gasteiger partial charge on any atom is 0.240 e. The number of nitrogens with zero attached hydrogens (tertiary/aromatic N) is 3. The Bertz CT molecular complexity index is 469. The van der Waals surface area contributed by atoms with Gasteiger partial charge in [-0.15, -0.1) is 0 Å². The van der Waals surface area contributed by atoms with E-state index < -0.39 is 5.41 Å². The van der Waals surface area contributed by atoms with E-state index >= 15 is 0 Å². The van der Waals surface area contributed by atoms with Crippen molar-refractivity contribution in [1.29, 1.82) is 5.26 Å². The maximum atomic E-state index is 12.1. The van der Waals surface area contributed by atoms with Crippen molar-refractivity contribution >= 4 is 5.91 Å². The molecule has 1 aliphatic rings. The summed E-state index contributed by atoms with van der Waals surface area (Å²) in [5.74, 6) is -0.211. The molecule has 1 aliphatic heterocycles. The molecule has 18 heavy (non-hydrogen) atoms. The lowest BCUT2D eigenvalue weighted by Gasteiger charge is -2.29. The monoisotopic (exact) mass is 248 g/mol. The molecule has 6 heteroatoms. The first-order valence-electron chi connectivity index (χ1n) is 5.91. The van der Waals surface area contributed by atoms with Crippen LogP contribution in [0, 0.1) is 16.7 Å². The van der Waals surface area contributed by atoms with E-state index in [1.807, 2.05) is 13.2 Å². The van der Waals surface area contributed by atoms with Crippen LogP contribution >= 0.6 is 0 Å². The Kier molecular flexibility index (Phi) is 3.63. The molecular weight excluding hydrogens is 232 g/mol. The number of aromatic nitrogens is 2. The molecule has 0 radical (unpaired) electrons. The van der Waals surface area contributed by atoms with Gasteiger partial charge in [-0.3, -0.25) is 9.48 Å². The van der Waals surface area contributed by atoms with Crippen molar-refractivity contribution in [2.75, 3.05) is 13.2 Å². The van der Waals surface area contributed by atoms with Gasteiger partial charge >= 0.3 is 0 Å². The SMILES string of the molecule is Cn1cc(CNC(=O)C2(C#N)CCOCC2)cn1. The molecule has 1 fully saturated rings. The highest BCUT2D eigenvalue weighted by atomic mass is 16.5. The topological polar surface area (TPSA) is 79.9 Å². The molecule has 2 rings (SSSR count). The minimum atomic E-state index is -0.930. The molecule has 1 aromatic heterocycles. The number of amides is 1. The summed E-state index contributed by atoms with van der Waals surface area (Å²) in [5, 5.41) is 16.1. The van der Waals surface area contributed by atoms with Crippen LogP contribution in [-0.4, -0.2) is 28.9 Å². The summed E-state index contributed by atoms with van der Waals surface area (Å²) in [7, 11) is 1.82. The smallest absolute Gasteiger partial charge is 0.240 e. The number of hydrogen-bond donors (Lipinski definition) is 1. The van der Waals surface area contributed by atoms with Gasteiger partial charge in [0.2, 0.25) is 5.91 Å². The van der Waals surface area contributed by atoms with E-state index in [0.29, 0.717) is 32.6 Å². The molecule has 0 aliphatic carbocycles. The van der Waals surface area contributed by atoms with Gasteiger partial charge in [-0.25, -0.2) is 0 Å². The quantitative estimate of drug-likeness (QED) is 0.837. The second-order valence-corrected chi connectivity index (χ2v) is 4.51. The summed E-state index contributed by atoms with van der Waals surface area (Å²) in [6.07, 6.45) is 4.46. The van der Waals surface area contributed by atoms with E-state index in [1.165, 1.54) is 0 Å². The van der Waals surface area contributed by atoms with Crippen LogP contribution < -0.4 is 5.32 Å². The van der Waals surface area contributed by atoms with E-state index in [4.69, 9.17) is 4.74 Å². The summed E-state index contributed by atoms with van der Waals surface area (Å²) in [6.45, 7) is 1.33. The van der Waals surface area contributed by atoms with Crippen LogP contribution in [-0.2, 0) is 23.1 Å². The minimum absolute atomic E-state index is 0.211. The molecule has 0 unspecified atom stereocenters. The van der Waals surface area contributed by atoms with E-state index in [0.717, 1.165) is 5.56 Å². The standard InChI is InChI=1S/C12H16N4O2/c1-16-8-10(7-15-16)6-14-11(17)12(9-13)2-4-18-5-3-12/h7-8H,2-6H2,1H3,(H,14,17). The molecule has 1 N–H and O–H groups in total. The van der Waals surface area contributed by atoms with Gasteiger partial charge in [-0.05, 0) is 12.8 Å². The molecule has 1 amide bonds. The predicted molar refractivity (Wildman–Crippen MR) is 63.2 cm³/mol. The second kappa shape index (κ2) is 5.19. The molecule has 1 aromatic rings. The Labute approximate surface area is 106 Å². The average molecular weight is 248 g/mol. The van der Waals surface area contributed by atoms with Crippen LogP contribution in [0.5, 0.6) is 0 Å². The van der Waals surface area contributed by atoms with Crippen molar-refractivity contribution in [2.45, 2.75) is 19.4 Å². The van der Waals surface area contributed by atoms with Gasteiger partial charge in [0, 0.05) is 38.6 Å². The number of nitriles is 1. The van der Waals surface area contributed by atoms with Gasteiger partial charge in [0.05, 0.1) is 12.3 Å². The third-order valence-corrected chi connectivity index (χ3v) is 3.21. The van der Waals surface area contributed by atoms with Gasteiger partial charge in [0.15, 0.2) is 0 Å². The summed E-state index contributed by atoms with van der Waals surface area (Å²) in [6, 6.07) is 2.15. The zero-order valence-electron chi connectivity index (χ0n) is 10.3. The van der Waals surface area contributed by atoms with Crippen molar-refractivity contribution in [3.8, 4) is 6.07 Å². The molecular formula is C12H16N4O2. The largest absolute Gasteiger partial charge is 0.381 e. The molecule has 1 saturated heterocycles. The van der Waals surface area contributed by atoms with Crippen molar-refractivity contribution in [3.05, 3.63) is 18.0 Å². The van der Waals surface area contributed by atoms with Crippen molar-refractivity contribution < 1.29 is 9.53 Å². The highest BCUT2D eigenvalue weighted by Gasteiger charge is 2.40. The Hall–Kier alpha value is -1.87. The zero-order valence-corrected chi connectivity index (χ0v) is 10.3. The molecule has 0 aromatic carbocycles. The van der Waals surface area contributed by atoms with Gasteiger partial charge < -0.3 is 10.1 Å². The molecule has 0 bridgehead atoms. The Morgan fingerprint density at radius 2 is 2.39 bits per heavy atom. The highest BCUT2D eigenvalue weighted by molar-refractivity contribution is 5.85. The van der Waals surface area contributed by atoms with E-state index in [1.54, 1.807) is 10.9 Å². The molecule has 0 spiro atoms. The summed E-state index contributed by atoms with van der Waals surface area (Å²) < 4.78 is 6.87. The lowest BCUT2D eigenvalue weighted by Crippen LogP contribution is -2.43. The summed E-state index contributed by atoms with van der Waals surface area (Å²) in [4.78, 5) is 12.1. The van der Waals surface area contributed by atoms with Crippen molar-refractivity contribution in [2.24, 2.45) is 12.5 Å². The number of nitrogens with one attached hydrogen (secondary N) is 1. The molecule has 6 nitrogen and oxygen atoms in total. The van der Waals surface area contributed by atoms with E-state index in [2.05, 4.69) is 16.5 Å². The van der Waals surface area contributed by atoms with E-state index in [9.17, 15) is 10.1 Å². The fourth-order valence-electron chi connectivity index (χ4n) is 2.02. The summed E-state index contributed by atoms with van der Waals surface area (Å²) >= 11 is 0. The Morgan fingerprint density at radius 3 is 2.94 bits per heavy atom. The van der Waals surface area contributed by atoms with Crippen molar-refractivity contribution in [3.63, 3.8) is 0 Å². The lowest BCUT2D eigenvalue weighted by atomic mass is 9.81. The zero-order chi connectivity index (χ0) is 13.0. The third kappa shape index (κ3) is 2.51. The number of carbonyl (C=O) groups is 1. The molecule has 2 heterocycles. The molecule has 96 valence electrons. The van der Waals surface area contributed by atoms with Crippen LogP contribution in [0.25, 0.3) is 0 Å². The van der Waals surface area contributed by atoms with Gasteiger partial charge in [-0.2, -0.15) is 10.4 Å². The maximum absolute atomic E-state index is 12.1. The Morgan fingerprint density at radius 1 is 1.67 bits per heavy atom. The van der Waals surface area contributed by atoms with Crippen LogP contribution in [0.15, 0.2) is 12.4 Å².